The van der Waals surface area contributed by atoms with E-state index in [4.69, 9.17) is 4.98 Å². The number of rotatable bonds is 5. The molecule has 2 aliphatic heterocycles. The average molecular weight is 502 g/mol. The average Bonchev–Trinajstić information content (AvgIpc) is 3.30. The molecule has 0 spiro atoms. The van der Waals surface area contributed by atoms with E-state index < -0.39 is 16.1 Å². The number of imidazole rings is 1. The molecule has 1 fully saturated rings. The van der Waals surface area contributed by atoms with Crippen molar-refractivity contribution in [2.45, 2.75) is 25.3 Å². The number of amides is 1. The first-order valence-electron chi connectivity index (χ1n) is 11.6. The molecular formula is C25H23N7O3S. The minimum absolute atomic E-state index is 0.284. The minimum Gasteiger partial charge on any atom is -0.338 e. The standard InChI is InChI=1S/C25H23N7O3S/c1-2-36(34,35)32-13-6-4-7-19(32)24-30-21-17-10-9-16(25(33)29-20-8-3-5-11-26-20)15-18(17)28-23-22(21)31(24)14-12-27-23/h2-3,5,8-12,14-15,19H,1,4,6-7,13H2,(H,27,28)(H,26,29,33)/t19-/m0/s1. The molecule has 0 radical (unpaired) electrons. The zero-order valence-corrected chi connectivity index (χ0v) is 20.1. The lowest BCUT2D eigenvalue weighted by atomic mass is 10.0. The van der Waals surface area contributed by atoms with Gasteiger partial charge in [-0.1, -0.05) is 19.1 Å². The maximum atomic E-state index is 12.8. The van der Waals surface area contributed by atoms with Crippen LogP contribution in [0.1, 0.15) is 41.5 Å². The van der Waals surface area contributed by atoms with Gasteiger partial charge in [-0.25, -0.2) is 23.4 Å². The first-order valence-corrected chi connectivity index (χ1v) is 13.1. The van der Waals surface area contributed by atoms with E-state index in [1.807, 2.05) is 10.5 Å². The van der Waals surface area contributed by atoms with Crippen molar-refractivity contribution in [3.63, 3.8) is 0 Å². The number of fused-ring (bicyclic) bond motifs is 2. The molecule has 36 heavy (non-hydrogen) atoms. The van der Waals surface area contributed by atoms with E-state index >= 15 is 0 Å². The van der Waals surface area contributed by atoms with Crippen LogP contribution in [0.2, 0.25) is 0 Å². The molecule has 1 atom stereocenters. The lowest BCUT2D eigenvalue weighted by Crippen LogP contribution is -2.38. The Hall–Kier alpha value is -4.09. The van der Waals surface area contributed by atoms with Gasteiger partial charge in [-0.15, -0.1) is 0 Å². The van der Waals surface area contributed by atoms with Crippen LogP contribution in [0.5, 0.6) is 0 Å². The number of benzene rings is 1. The van der Waals surface area contributed by atoms with Crippen LogP contribution in [0.15, 0.2) is 67.0 Å². The lowest BCUT2D eigenvalue weighted by molar-refractivity contribution is 0.102. The molecule has 4 aromatic rings. The van der Waals surface area contributed by atoms with Crippen LogP contribution >= 0.6 is 0 Å². The number of nitrogens with one attached hydrogen (secondary N) is 2. The van der Waals surface area contributed by atoms with Gasteiger partial charge in [-0.2, -0.15) is 4.31 Å². The van der Waals surface area contributed by atoms with Crippen molar-refractivity contribution < 1.29 is 13.2 Å². The van der Waals surface area contributed by atoms with E-state index in [0.29, 0.717) is 47.4 Å². The highest BCUT2D eigenvalue weighted by Gasteiger charge is 2.36. The molecule has 3 aromatic heterocycles. The topological polar surface area (TPSA) is 122 Å². The number of sulfonamides is 1. The molecule has 1 aromatic carbocycles. The second kappa shape index (κ2) is 8.54. The van der Waals surface area contributed by atoms with Crippen molar-refractivity contribution in [1.82, 2.24) is 23.7 Å². The van der Waals surface area contributed by atoms with Gasteiger partial charge in [0.1, 0.15) is 22.9 Å². The molecule has 0 unspecified atom stereocenters. The molecule has 5 heterocycles. The highest BCUT2D eigenvalue weighted by molar-refractivity contribution is 7.92. The van der Waals surface area contributed by atoms with E-state index in [2.05, 4.69) is 27.2 Å². The van der Waals surface area contributed by atoms with Gasteiger partial charge in [0.15, 0.2) is 5.82 Å². The molecule has 10 nitrogen and oxygen atoms in total. The summed E-state index contributed by atoms with van der Waals surface area (Å²) in [6, 6.07) is 10.2. The number of aromatic nitrogens is 4. The van der Waals surface area contributed by atoms with Crippen molar-refractivity contribution in [2.24, 2.45) is 0 Å². The number of carbonyl (C=O) groups is 1. The summed E-state index contributed by atoms with van der Waals surface area (Å²) in [7, 11) is -3.62. The summed E-state index contributed by atoms with van der Waals surface area (Å²) in [5.41, 5.74) is 3.42. The Morgan fingerprint density at radius 2 is 2.06 bits per heavy atom. The van der Waals surface area contributed by atoms with Crippen molar-refractivity contribution in [3.05, 3.63) is 78.4 Å². The van der Waals surface area contributed by atoms with Gasteiger partial charge in [0.2, 0.25) is 10.0 Å². The Bertz CT molecular complexity index is 1620. The summed E-state index contributed by atoms with van der Waals surface area (Å²) in [5, 5.41) is 7.11. The van der Waals surface area contributed by atoms with Gasteiger partial charge < -0.3 is 10.6 Å². The molecule has 2 N–H and O–H groups in total. The van der Waals surface area contributed by atoms with Crippen molar-refractivity contribution in [2.75, 3.05) is 17.2 Å². The SMILES string of the molecule is C=CS(=O)(=O)N1CCCC[C@H]1c1nc2c3c(nccn13)Nc1cc(C(=O)Nc3ccccn3)ccc1-2. The Kier molecular flexibility index (Phi) is 5.31. The fourth-order valence-electron chi connectivity index (χ4n) is 4.89. The third-order valence-corrected chi connectivity index (χ3v) is 8.08. The number of piperidine rings is 1. The Balaban J connectivity index is 1.42. The van der Waals surface area contributed by atoms with E-state index in [0.717, 1.165) is 29.3 Å². The Morgan fingerprint density at radius 1 is 1.17 bits per heavy atom. The molecule has 0 saturated carbocycles. The van der Waals surface area contributed by atoms with Crippen LogP contribution in [0, 0.1) is 0 Å². The molecular weight excluding hydrogens is 478 g/mol. The molecule has 0 aliphatic carbocycles. The third-order valence-electron chi connectivity index (χ3n) is 6.57. The van der Waals surface area contributed by atoms with Crippen LogP contribution < -0.4 is 10.6 Å². The zero-order valence-electron chi connectivity index (χ0n) is 19.3. The van der Waals surface area contributed by atoms with E-state index in [1.54, 1.807) is 48.9 Å². The van der Waals surface area contributed by atoms with Crippen LogP contribution in [-0.2, 0) is 10.0 Å². The van der Waals surface area contributed by atoms with E-state index in [9.17, 15) is 13.2 Å². The van der Waals surface area contributed by atoms with Crippen LogP contribution in [0.3, 0.4) is 0 Å². The lowest BCUT2D eigenvalue weighted by Gasteiger charge is -2.32. The number of hydrogen-bond donors (Lipinski definition) is 2. The van der Waals surface area contributed by atoms with E-state index in [1.165, 1.54) is 4.31 Å². The first kappa shape index (κ1) is 22.4. The fourth-order valence-corrected chi connectivity index (χ4v) is 6.02. The Labute approximate surface area is 207 Å². The maximum Gasteiger partial charge on any atom is 0.256 e. The van der Waals surface area contributed by atoms with E-state index in [-0.39, 0.29) is 5.91 Å². The highest BCUT2D eigenvalue weighted by Crippen LogP contribution is 2.43. The van der Waals surface area contributed by atoms with Gasteiger partial charge in [0.05, 0.1) is 11.7 Å². The molecule has 1 amide bonds. The smallest absolute Gasteiger partial charge is 0.256 e. The summed E-state index contributed by atoms with van der Waals surface area (Å²) in [5.74, 6) is 1.41. The molecule has 6 rings (SSSR count). The van der Waals surface area contributed by atoms with Crippen LogP contribution in [0.4, 0.5) is 17.3 Å². The Morgan fingerprint density at radius 3 is 2.86 bits per heavy atom. The molecule has 1 saturated heterocycles. The van der Waals surface area contributed by atoms with Gasteiger partial charge in [-0.05, 0) is 43.2 Å². The largest absolute Gasteiger partial charge is 0.338 e. The predicted molar refractivity (Wildman–Crippen MR) is 136 cm³/mol. The highest BCUT2D eigenvalue weighted by atomic mass is 32.2. The normalized spacial score (nSPS) is 17.3. The minimum atomic E-state index is -3.62. The number of nitrogens with zero attached hydrogens (tertiary/aromatic N) is 5. The number of carbonyl (C=O) groups excluding carboxylic acids is 1. The summed E-state index contributed by atoms with van der Waals surface area (Å²) in [6.07, 6.45) is 7.43. The molecule has 2 aliphatic rings. The monoisotopic (exact) mass is 501 g/mol. The third kappa shape index (κ3) is 3.64. The molecule has 182 valence electrons. The van der Waals surface area contributed by atoms with Crippen molar-refractivity contribution in [1.29, 1.82) is 0 Å². The quantitative estimate of drug-likeness (QED) is 0.372. The fraction of sp³-hybridized carbons (Fsp3) is 0.200. The molecule has 0 bridgehead atoms. The van der Waals surface area contributed by atoms with Crippen molar-refractivity contribution >= 4 is 38.8 Å². The maximum absolute atomic E-state index is 12.8. The first-order chi connectivity index (χ1) is 17.5. The van der Waals surface area contributed by atoms with Crippen LogP contribution in [0.25, 0.3) is 16.8 Å². The number of pyridine rings is 1. The van der Waals surface area contributed by atoms with Gasteiger partial charge in [-0.3, -0.25) is 9.20 Å². The summed E-state index contributed by atoms with van der Waals surface area (Å²) in [4.78, 5) is 26.4. The zero-order chi connectivity index (χ0) is 24.9. The number of hydrogen-bond acceptors (Lipinski definition) is 7. The van der Waals surface area contributed by atoms with Gasteiger partial charge >= 0.3 is 0 Å². The van der Waals surface area contributed by atoms with Crippen molar-refractivity contribution in [3.8, 4) is 11.3 Å². The van der Waals surface area contributed by atoms with Gasteiger partial charge in [0, 0.05) is 41.7 Å². The van der Waals surface area contributed by atoms with Crippen LogP contribution in [-0.4, -0.2) is 44.5 Å². The summed E-state index contributed by atoms with van der Waals surface area (Å²) in [6.45, 7) is 3.93. The summed E-state index contributed by atoms with van der Waals surface area (Å²) >= 11 is 0. The second-order valence-corrected chi connectivity index (χ2v) is 10.5. The molecule has 11 heteroatoms. The number of anilines is 3. The summed E-state index contributed by atoms with van der Waals surface area (Å²) < 4.78 is 28.9. The van der Waals surface area contributed by atoms with Gasteiger partial charge in [0.25, 0.3) is 5.91 Å². The second-order valence-electron chi connectivity index (χ2n) is 8.70. The predicted octanol–water partition coefficient (Wildman–Crippen LogP) is 4.10.